The Bertz CT molecular complexity index is 635. The summed E-state index contributed by atoms with van der Waals surface area (Å²) in [6, 6.07) is 13.7. The maximum absolute atomic E-state index is 11.8. The SMILES string of the molecule is COCC(C)(O)CNC(=O)NCc1cccc2ccccc12. The molecule has 0 heterocycles. The summed E-state index contributed by atoms with van der Waals surface area (Å²) in [6.45, 7) is 2.33. The quantitative estimate of drug-likeness (QED) is 0.764. The fourth-order valence-electron chi connectivity index (χ4n) is 2.32. The second-order valence-electron chi connectivity index (χ2n) is 5.60. The van der Waals surface area contributed by atoms with Crippen LogP contribution in [0.4, 0.5) is 4.79 Å². The summed E-state index contributed by atoms with van der Waals surface area (Å²) < 4.78 is 4.89. The van der Waals surface area contributed by atoms with Crippen molar-refractivity contribution >= 4 is 16.8 Å². The Morgan fingerprint density at radius 1 is 1.18 bits per heavy atom. The molecule has 0 saturated heterocycles. The molecule has 1 atom stereocenters. The summed E-state index contributed by atoms with van der Waals surface area (Å²) in [7, 11) is 1.51. The van der Waals surface area contributed by atoms with Gasteiger partial charge in [0.2, 0.25) is 0 Å². The molecule has 2 aromatic carbocycles. The minimum atomic E-state index is -1.08. The van der Waals surface area contributed by atoms with E-state index in [2.05, 4.69) is 10.6 Å². The summed E-state index contributed by atoms with van der Waals surface area (Å²) in [5.41, 5.74) is -0.0252. The van der Waals surface area contributed by atoms with Gasteiger partial charge in [-0.15, -0.1) is 0 Å². The van der Waals surface area contributed by atoms with Crippen LogP contribution in [-0.4, -0.2) is 37.0 Å². The predicted molar refractivity (Wildman–Crippen MR) is 86.7 cm³/mol. The van der Waals surface area contributed by atoms with Gasteiger partial charge in [-0.25, -0.2) is 4.79 Å². The zero-order valence-electron chi connectivity index (χ0n) is 12.9. The molecule has 0 radical (unpaired) electrons. The van der Waals surface area contributed by atoms with Crippen LogP contribution in [-0.2, 0) is 11.3 Å². The number of methoxy groups -OCH3 is 1. The number of carbonyl (C=O) groups excluding carboxylic acids is 1. The number of carbonyl (C=O) groups is 1. The predicted octanol–water partition coefficient (Wildman–Crippen LogP) is 2.04. The van der Waals surface area contributed by atoms with Crippen LogP contribution in [0.3, 0.4) is 0 Å². The Kier molecular flexibility index (Phi) is 5.35. The smallest absolute Gasteiger partial charge is 0.315 e. The third kappa shape index (κ3) is 4.44. The van der Waals surface area contributed by atoms with Gasteiger partial charge in [-0.3, -0.25) is 0 Å². The lowest BCUT2D eigenvalue weighted by molar-refractivity contribution is -0.0136. The first-order chi connectivity index (χ1) is 10.5. The van der Waals surface area contributed by atoms with E-state index in [1.165, 1.54) is 7.11 Å². The number of rotatable bonds is 6. The first kappa shape index (κ1) is 16.3. The third-order valence-corrected chi connectivity index (χ3v) is 3.40. The fraction of sp³-hybridized carbons (Fsp3) is 0.353. The summed E-state index contributed by atoms with van der Waals surface area (Å²) >= 11 is 0. The largest absolute Gasteiger partial charge is 0.386 e. The lowest BCUT2D eigenvalue weighted by Crippen LogP contribution is -2.46. The first-order valence-electron chi connectivity index (χ1n) is 7.21. The van der Waals surface area contributed by atoms with E-state index in [0.717, 1.165) is 16.3 Å². The van der Waals surface area contributed by atoms with Gasteiger partial charge in [0.25, 0.3) is 0 Å². The molecule has 0 fully saturated rings. The van der Waals surface area contributed by atoms with Crippen LogP contribution < -0.4 is 10.6 Å². The Hall–Kier alpha value is -2.11. The van der Waals surface area contributed by atoms with E-state index in [1.807, 2.05) is 42.5 Å². The van der Waals surface area contributed by atoms with Crippen LogP contribution in [0.15, 0.2) is 42.5 Å². The minimum Gasteiger partial charge on any atom is -0.386 e. The summed E-state index contributed by atoms with van der Waals surface area (Å²) in [5, 5.41) is 17.6. The molecule has 5 nitrogen and oxygen atoms in total. The zero-order chi connectivity index (χ0) is 16.0. The Labute approximate surface area is 130 Å². The van der Waals surface area contributed by atoms with Crippen molar-refractivity contribution in [1.82, 2.24) is 10.6 Å². The average Bonchev–Trinajstić information content (AvgIpc) is 2.51. The van der Waals surface area contributed by atoms with E-state index in [9.17, 15) is 9.90 Å². The number of amides is 2. The molecular weight excluding hydrogens is 280 g/mol. The maximum atomic E-state index is 11.8. The molecule has 0 saturated carbocycles. The Morgan fingerprint density at radius 2 is 1.91 bits per heavy atom. The number of ether oxygens (including phenoxy) is 1. The molecule has 0 aromatic heterocycles. The molecular formula is C17H22N2O3. The van der Waals surface area contributed by atoms with Crippen LogP contribution in [0.5, 0.6) is 0 Å². The second kappa shape index (κ2) is 7.24. The lowest BCUT2D eigenvalue weighted by atomic mass is 10.0. The van der Waals surface area contributed by atoms with E-state index in [4.69, 9.17) is 4.74 Å². The third-order valence-electron chi connectivity index (χ3n) is 3.40. The van der Waals surface area contributed by atoms with E-state index in [1.54, 1.807) is 6.92 Å². The molecule has 0 spiro atoms. The van der Waals surface area contributed by atoms with Crippen molar-refractivity contribution in [3.63, 3.8) is 0 Å². The minimum absolute atomic E-state index is 0.127. The topological polar surface area (TPSA) is 70.6 Å². The molecule has 0 aliphatic heterocycles. The Balaban J connectivity index is 1.91. The van der Waals surface area contributed by atoms with E-state index in [-0.39, 0.29) is 19.2 Å². The van der Waals surface area contributed by atoms with Gasteiger partial charge in [0.05, 0.1) is 13.2 Å². The van der Waals surface area contributed by atoms with Gasteiger partial charge >= 0.3 is 6.03 Å². The van der Waals surface area contributed by atoms with Crippen LogP contribution in [0.1, 0.15) is 12.5 Å². The van der Waals surface area contributed by atoms with Crippen molar-refractivity contribution in [2.24, 2.45) is 0 Å². The van der Waals surface area contributed by atoms with Gasteiger partial charge < -0.3 is 20.5 Å². The monoisotopic (exact) mass is 302 g/mol. The molecule has 2 amide bonds. The molecule has 2 rings (SSSR count). The number of fused-ring (bicyclic) bond motifs is 1. The molecule has 3 N–H and O–H groups in total. The van der Waals surface area contributed by atoms with Crippen molar-refractivity contribution in [3.8, 4) is 0 Å². The lowest BCUT2D eigenvalue weighted by Gasteiger charge is -2.22. The number of nitrogens with one attached hydrogen (secondary N) is 2. The van der Waals surface area contributed by atoms with Crippen LogP contribution in [0.2, 0.25) is 0 Å². The summed E-state index contributed by atoms with van der Waals surface area (Å²) in [6.07, 6.45) is 0. The van der Waals surface area contributed by atoms with E-state index >= 15 is 0 Å². The van der Waals surface area contributed by atoms with Gasteiger partial charge in [0, 0.05) is 13.7 Å². The van der Waals surface area contributed by atoms with Crippen LogP contribution in [0.25, 0.3) is 10.8 Å². The van der Waals surface area contributed by atoms with Crippen molar-refractivity contribution in [1.29, 1.82) is 0 Å². The molecule has 0 aliphatic carbocycles. The maximum Gasteiger partial charge on any atom is 0.315 e. The highest BCUT2D eigenvalue weighted by molar-refractivity contribution is 5.86. The average molecular weight is 302 g/mol. The highest BCUT2D eigenvalue weighted by atomic mass is 16.5. The molecule has 1 unspecified atom stereocenters. The highest BCUT2D eigenvalue weighted by Gasteiger charge is 2.20. The second-order valence-corrected chi connectivity index (χ2v) is 5.60. The molecule has 2 aromatic rings. The van der Waals surface area contributed by atoms with Gasteiger partial charge in [-0.1, -0.05) is 42.5 Å². The standard InChI is InChI=1S/C17H22N2O3/c1-17(21,12-22-2)11-19-16(20)18-10-14-8-5-7-13-6-3-4-9-15(13)14/h3-9,21H,10-12H2,1-2H3,(H2,18,19,20). The van der Waals surface area contributed by atoms with Gasteiger partial charge in [-0.2, -0.15) is 0 Å². The van der Waals surface area contributed by atoms with E-state index < -0.39 is 5.60 Å². The van der Waals surface area contributed by atoms with Crippen LogP contribution >= 0.6 is 0 Å². The number of hydrogen-bond donors (Lipinski definition) is 3. The van der Waals surface area contributed by atoms with Crippen molar-refractivity contribution in [3.05, 3.63) is 48.0 Å². The molecule has 0 aliphatic rings. The van der Waals surface area contributed by atoms with Gasteiger partial charge in [0.1, 0.15) is 5.60 Å². The van der Waals surface area contributed by atoms with Crippen molar-refractivity contribution in [2.45, 2.75) is 19.1 Å². The van der Waals surface area contributed by atoms with Gasteiger partial charge in [0.15, 0.2) is 0 Å². The number of aliphatic hydroxyl groups is 1. The van der Waals surface area contributed by atoms with E-state index in [0.29, 0.717) is 6.54 Å². The molecule has 22 heavy (non-hydrogen) atoms. The number of urea groups is 1. The highest BCUT2D eigenvalue weighted by Crippen LogP contribution is 2.18. The Morgan fingerprint density at radius 3 is 2.68 bits per heavy atom. The van der Waals surface area contributed by atoms with Crippen LogP contribution in [0, 0.1) is 0 Å². The fourth-order valence-corrected chi connectivity index (χ4v) is 2.32. The normalized spacial score (nSPS) is 13.6. The molecule has 118 valence electrons. The van der Waals surface area contributed by atoms with Crippen molar-refractivity contribution < 1.29 is 14.6 Å². The zero-order valence-corrected chi connectivity index (χ0v) is 12.9. The molecule has 0 bridgehead atoms. The summed E-state index contributed by atoms with van der Waals surface area (Å²) in [4.78, 5) is 11.8. The summed E-state index contributed by atoms with van der Waals surface area (Å²) in [5.74, 6) is 0. The number of benzene rings is 2. The molecule has 5 heteroatoms. The first-order valence-corrected chi connectivity index (χ1v) is 7.21. The van der Waals surface area contributed by atoms with Gasteiger partial charge in [-0.05, 0) is 23.3 Å². The van der Waals surface area contributed by atoms with Crippen molar-refractivity contribution in [2.75, 3.05) is 20.3 Å². The number of hydrogen-bond acceptors (Lipinski definition) is 3.